The first-order chi connectivity index (χ1) is 5.97. The quantitative estimate of drug-likeness (QED) is 0.520. The molecule has 0 aliphatic carbocycles. The van der Waals surface area contributed by atoms with Crippen LogP contribution in [-0.2, 0) is 0 Å². The fraction of sp³-hybridized carbons (Fsp3) is 0.833. The molecule has 1 fully saturated rings. The van der Waals surface area contributed by atoms with Crippen LogP contribution in [0.25, 0.3) is 0 Å². The molecule has 0 unspecified atom stereocenters. The standard InChI is InChI=1S/C12H23I/c1-6-11(3)13-8-7-10(2)12(4,5)9-13/h10H,3,6-9H2,1-2,4-5H3/t10-/m0/s1. The van der Waals surface area contributed by atoms with Gasteiger partial charge in [0.05, 0.1) is 0 Å². The molecule has 78 valence electrons. The Morgan fingerprint density at radius 1 is 1.54 bits per heavy atom. The van der Waals surface area contributed by atoms with Gasteiger partial charge in [-0.25, -0.2) is 0 Å². The molecule has 0 bridgehead atoms. The van der Waals surface area contributed by atoms with Gasteiger partial charge in [0.2, 0.25) is 0 Å². The molecule has 0 nitrogen and oxygen atoms in total. The summed E-state index contributed by atoms with van der Waals surface area (Å²) in [5.41, 5.74) is 0.598. The fourth-order valence-corrected chi connectivity index (χ4v) is 9.29. The third-order valence-electron chi connectivity index (χ3n) is 3.37. The van der Waals surface area contributed by atoms with Crippen LogP contribution in [0, 0.1) is 11.3 Å². The number of halogens is 1. The van der Waals surface area contributed by atoms with Crippen molar-refractivity contribution in [3.05, 3.63) is 10.2 Å². The van der Waals surface area contributed by atoms with Gasteiger partial charge in [-0.1, -0.05) is 0 Å². The number of alkyl halides is 2. The Morgan fingerprint density at radius 2 is 2.15 bits per heavy atom. The molecular weight excluding hydrogens is 271 g/mol. The summed E-state index contributed by atoms with van der Waals surface area (Å²) in [4.78, 5) is 0. The summed E-state index contributed by atoms with van der Waals surface area (Å²) in [6.45, 7) is 13.8. The summed E-state index contributed by atoms with van der Waals surface area (Å²) in [6, 6.07) is 0. The van der Waals surface area contributed by atoms with E-state index in [1.807, 2.05) is 0 Å². The average molecular weight is 294 g/mol. The first kappa shape index (κ1) is 11.5. The van der Waals surface area contributed by atoms with E-state index in [0.717, 1.165) is 5.92 Å². The zero-order valence-corrected chi connectivity index (χ0v) is 11.6. The zero-order valence-electron chi connectivity index (χ0n) is 9.49. The predicted molar refractivity (Wildman–Crippen MR) is 70.7 cm³/mol. The van der Waals surface area contributed by atoms with E-state index in [9.17, 15) is 0 Å². The van der Waals surface area contributed by atoms with E-state index in [1.165, 1.54) is 21.7 Å². The summed E-state index contributed by atoms with van der Waals surface area (Å²) in [7, 11) is 0. The topological polar surface area (TPSA) is 0 Å². The molecule has 13 heavy (non-hydrogen) atoms. The molecule has 1 aliphatic rings. The Bertz CT molecular complexity index is 193. The Morgan fingerprint density at radius 3 is 2.62 bits per heavy atom. The first-order valence-electron chi connectivity index (χ1n) is 5.27. The van der Waals surface area contributed by atoms with E-state index in [2.05, 4.69) is 34.3 Å². The molecule has 1 heteroatoms. The molecule has 0 saturated carbocycles. The van der Waals surface area contributed by atoms with Gasteiger partial charge < -0.3 is 0 Å². The Balaban J connectivity index is 2.60. The minimum absolute atomic E-state index is 0.598. The second-order valence-corrected chi connectivity index (χ2v) is 10.8. The molecule has 0 aromatic heterocycles. The fourth-order valence-electron chi connectivity index (χ4n) is 1.72. The average Bonchev–Trinajstić information content (AvgIpc) is 2.08. The van der Waals surface area contributed by atoms with Crippen LogP contribution in [0.15, 0.2) is 10.2 Å². The molecule has 0 radical (unpaired) electrons. The predicted octanol–water partition coefficient (Wildman–Crippen LogP) is 4.48. The van der Waals surface area contributed by atoms with Gasteiger partial charge >= 0.3 is 90.7 Å². The van der Waals surface area contributed by atoms with Crippen molar-refractivity contribution in [1.82, 2.24) is 0 Å². The molecule has 0 spiro atoms. The first-order valence-corrected chi connectivity index (χ1v) is 9.40. The van der Waals surface area contributed by atoms with Gasteiger partial charge in [0.1, 0.15) is 0 Å². The van der Waals surface area contributed by atoms with Crippen LogP contribution in [0.1, 0.15) is 40.5 Å². The van der Waals surface area contributed by atoms with E-state index >= 15 is 0 Å². The van der Waals surface area contributed by atoms with Crippen LogP contribution >= 0.6 is 19.8 Å². The van der Waals surface area contributed by atoms with Crippen molar-refractivity contribution in [3.63, 3.8) is 0 Å². The van der Waals surface area contributed by atoms with Gasteiger partial charge in [-0.15, -0.1) is 0 Å². The number of rotatable bonds is 2. The number of allylic oxidation sites excluding steroid dienone is 1. The minimum atomic E-state index is -0.755. The van der Waals surface area contributed by atoms with Crippen LogP contribution in [0.4, 0.5) is 0 Å². The molecule has 0 aromatic rings. The summed E-state index contributed by atoms with van der Waals surface area (Å²) in [5.74, 6) is 0.922. The molecule has 1 saturated heterocycles. The molecule has 1 atom stereocenters. The summed E-state index contributed by atoms with van der Waals surface area (Å²) < 4.78 is 4.66. The van der Waals surface area contributed by atoms with E-state index in [1.54, 1.807) is 3.58 Å². The third kappa shape index (κ3) is 2.71. The summed E-state index contributed by atoms with van der Waals surface area (Å²) in [5, 5.41) is 0. The molecule has 0 N–H and O–H groups in total. The van der Waals surface area contributed by atoms with Gasteiger partial charge in [-0.05, 0) is 0 Å². The number of hydrogen-bond donors (Lipinski definition) is 0. The van der Waals surface area contributed by atoms with Gasteiger partial charge in [0, 0.05) is 0 Å². The normalized spacial score (nSPS) is 30.2. The van der Waals surface area contributed by atoms with Gasteiger partial charge in [-0.3, -0.25) is 0 Å². The van der Waals surface area contributed by atoms with E-state index in [0.29, 0.717) is 5.41 Å². The molecule has 0 aromatic carbocycles. The van der Waals surface area contributed by atoms with Crippen molar-refractivity contribution in [2.24, 2.45) is 11.3 Å². The van der Waals surface area contributed by atoms with E-state index in [-0.39, 0.29) is 0 Å². The number of hydrogen-bond acceptors (Lipinski definition) is 0. The molecule has 1 aliphatic heterocycles. The van der Waals surface area contributed by atoms with E-state index < -0.39 is 19.8 Å². The molecule has 1 rings (SSSR count). The molecule has 0 amide bonds. The van der Waals surface area contributed by atoms with Crippen molar-refractivity contribution in [1.29, 1.82) is 0 Å². The second-order valence-electron chi connectivity index (χ2n) is 4.83. The Kier molecular flexibility index (Phi) is 3.84. The Labute approximate surface area is 90.6 Å². The van der Waals surface area contributed by atoms with Crippen LogP contribution in [0.5, 0.6) is 0 Å². The van der Waals surface area contributed by atoms with Crippen molar-refractivity contribution in [3.8, 4) is 0 Å². The van der Waals surface area contributed by atoms with Crippen molar-refractivity contribution >= 4 is 19.8 Å². The van der Waals surface area contributed by atoms with Crippen molar-refractivity contribution in [2.75, 3.05) is 8.86 Å². The molecule has 1 heterocycles. The van der Waals surface area contributed by atoms with Crippen molar-refractivity contribution < 1.29 is 0 Å². The SMILES string of the molecule is C=C(CC)I1CC[C@H](C)C(C)(C)C1. The monoisotopic (exact) mass is 294 g/mol. The van der Waals surface area contributed by atoms with Crippen LogP contribution in [0.3, 0.4) is 0 Å². The van der Waals surface area contributed by atoms with Crippen molar-refractivity contribution in [2.45, 2.75) is 40.5 Å². The van der Waals surface area contributed by atoms with Crippen LogP contribution < -0.4 is 0 Å². The van der Waals surface area contributed by atoms with Gasteiger partial charge in [-0.2, -0.15) is 0 Å². The van der Waals surface area contributed by atoms with E-state index in [4.69, 9.17) is 0 Å². The van der Waals surface area contributed by atoms with Crippen LogP contribution in [0.2, 0.25) is 0 Å². The maximum absolute atomic E-state index is 4.26. The second kappa shape index (κ2) is 4.33. The third-order valence-corrected chi connectivity index (χ3v) is 11.1. The van der Waals surface area contributed by atoms with Gasteiger partial charge in [0.15, 0.2) is 0 Å². The zero-order chi connectivity index (χ0) is 10.1. The summed E-state index contributed by atoms with van der Waals surface area (Å²) >= 11 is -0.755. The van der Waals surface area contributed by atoms with Crippen LogP contribution in [-0.4, -0.2) is 8.86 Å². The molecular formula is C12H23I. The summed E-state index contributed by atoms with van der Waals surface area (Å²) in [6.07, 6.45) is 2.69. The maximum atomic E-state index is 4.26. The van der Waals surface area contributed by atoms with Gasteiger partial charge in [0.25, 0.3) is 0 Å². The Hall–Kier alpha value is 0.470.